The Hall–Kier alpha value is -2.71. The van der Waals surface area contributed by atoms with E-state index < -0.39 is 10.0 Å². The molecule has 2 aliphatic rings. The highest BCUT2D eigenvalue weighted by Gasteiger charge is 2.40. The Morgan fingerprint density at radius 2 is 1.89 bits per heavy atom. The smallest absolute Gasteiger partial charge is 0.274 e. The van der Waals surface area contributed by atoms with Gasteiger partial charge in [-0.1, -0.05) is 30.4 Å². The molecule has 2 aromatic rings. The summed E-state index contributed by atoms with van der Waals surface area (Å²) in [6, 6.07) is 11.6. The molecule has 7 nitrogen and oxygen atoms in total. The Kier molecular flexibility index (Phi) is 4.47. The number of sulfonamides is 1. The van der Waals surface area contributed by atoms with Gasteiger partial charge in [0, 0.05) is 31.8 Å². The highest BCUT2D eigenvalue weighted by molar-refractivity contribution is 7.89. The summed E-state index contributed by atoms with van der Waals surface area (Å²) in [5.41, 5.74) is 2.48. The number of para-hydroxylation sites is 1. The summed E-state index contributed by atoms with van der Waals surface area (Å²) in [4.78, 5) is 11.4. The molecule has 8 heteroatoms. The number of nitrogens with zero attached hydrogens (tertiary/aromatic N) is 2. The molecule has 0 saturated heterocycles. The number of fused-ring (bicyclic) bond motifs is 3. The molecule has 1 N–H and O–H groups in total. The van der Waals surface area contributed by atoms with Crippen molar-refractivity contribution in [3.8, 4) is 0 Å². The molecule has 1 heterocycles. The Balaban J connectivity index is 1.81. The summed E-state index contributed by atoms with van der Waals surface area (Å²) < 4.78 is 26.3. The van der Waals surface area contributed by atoms with Crippen molar-refractivity contribution >= 4 is 21.4 Å². The number of benzene rings is 2. The summed E-state index contributed by atoms with van der Waals surface area (Å²) in [6.45, 7) is 0. The minimum atomic E-state index is -3.53. The van der Waals surface area contributed by atoms with Gasteiger partial charge < -0.3 is 5.32 Å². The van der Waals surface area contributed by atoms with E-state index in [-0.39, 0.29) is 33.4 Å². The van der Waals surface area contributed by atoms with Gasteiger partial charge in [-0.15, -0.1) is 0 Å². The number of allylic oxidation sites excluding steroid dienone is 2. The van der Waals surface area contributed by atoms with Crippen molar-refractivity contribution in [2.45, 2.75) is 23.3 Å². The standard InChI is InChI=1S/C20H21N3O4S/c1-22(2)28(26,27)13-10-11-18-17(12-13)14-7-5-8-15(14)20(21-18)16-6-3-4-9-19(16)23(24)25/h3-7,9-12,14-15,20-21H,8H2,1-2H3. The Labute approximate surface area is 163 Å². The zero-order chi connectivity index (χ0) is 20.1. The molecule has 1 aliphatic carbocycles. The van der Waals surface area contributed by atoms with Crippen molar-refractivity contribution in [3.63, 3.8) is 0 Å². The van der Waals surface area contributed by atoms with Crippen LogP contribution in [0.3, 0.4) is 0 Å². The van der Waals surface area contributed by atoms with E-state index in [0.717, 1.165) is 17.7 Å². The fraction of sp³-hybridized carbons (Fsp3) is 0.300. The number of hydrogen-bond donors (Lipinski definition) is 1. The van der Waals surface area contributed by atoms with Gasteiger partial charge in [0.25, 0.3) is 5.69 Å². The molecule has 0 amide bonds. The second-order valence-electron chi connectivity index (χ2n) is 7.33. The highest BCUT2D eigenvalue weighted by Crippen LogP contribution is 2.51. The van der Waals surface area contributed by atoms with Crippen molar-refractivity contribution in [1.29, 1.82) is 0 Å². The van der Waals surface area contributed by atoms with Gasteiger partial charge in [-0.2, -0.15) is 0 Å². The number of anilines is 1. The SMILES string of the molecule is CN(C)S(=O)(=O)c1ccc2c(c1)C1C=CCC1C(c1ccccc1[N+](=O)[O-])N2. The van der Waals surface area contributed by atoms with E-state index in [9.17, 15) is 18.5 Å². The molecule has 0 saturated carbocycles. The normalized spacial score (nSPS) is 23.2. The fourth-order valence-corrected chi connectivity index (χ4v) is 5.11. The first kappa shape index (κ1) is 18.6. The first-order valence-electron chi connectivity index (χ1n) is 9.03. The fourth-order valence-electron chi connectivity index (χ4n) is 4.17. The first-order chi connectivity index (χ1) is 13.3. The van der Waals surface area contributed by atoms with Crippen LogP contribution >= 0.6 is 0 Å². The summed E-state index contributed by atoms with van der Waals surface area (Å²) in [5, 5.41) is 14.9. The van der Waals surface area contributed by atoms with E-state index in [1.807, 2.05) is 6.07 Å². The summed E-state index contributed by atoms with van der Waals surface area (Å²) >= 11 is 0. The lowest BCUT2D eigenvalue weighted by Crippen LogP contribution is -2.30. The molecule has 0 radical (unpaired) electrons. The lowest BCUT2D eigenvalue weighted by molar-refractivity contribution is -0.385. The third-order valence-corrected chi connectivity index (χ3v) is 7.39. The van der Waals surface area contributed by atoms with Gasteiger partial charge in [-0.3, -0.25) is 10.1 Å². The van der Waals surface area contributed by atoms with Gasteiger partial charge in [0.15, 0.2) is 0 Å². The van der Waals surface area contributed by atoms with Crippen LogP contribution in [0.1, 0.15) is 29.5 Å². The predicted molar refractivity (Wildman–Crippen MR) is 107 cm³/mol. The third kappa shape index (κ3) is 2.89. The molecule has 0 spiro atoms. The molecule has 4 rings (SSSR count). The number of nitrogens with one attached hydrogen (secondary N) is 1. The minimum Gasteiger partial charge on any atom is -0.377 e. The van der Waals surface area contributed by atoms with Crippen LogP contribution in [0.2, 0.25) is 0 Å². The maximum Gasteiger partial charge on any atom is 0.274 e. The number of rotatable bonds is 4. The molecule has 3 atom stereocenters. The quantitative estimate of drug-likeness (QED) is 0.481. The monoisotopic (exact) mass is 399 g/mol. The predicted octanol–water partition coefficient (Wildman–Crippen LogP) is 3.67. The second-order valence-corrected chi connectivity index (χ2v) is 9.48. The first-order valence-corrected chi connectivity index (χ1v) is 10.5. The lowest BCUT2D eigenvalue weighted by Gasteiger charge is -2.37. The molecule has 146 valence electrons. The molecule has 0 aromatic heterocycles. The molecule has 28 heavy (non-hydrogen) atoms. The number of hydrogen-bond acceptors (Lipinski definition) is 5. The van der Waals surface area contributed by atoms with Crippen molar-refractivity contribution in [1.82, 2.24) is 4.31 Å². The number of nitro groups is 1. The molecule has 0 bridgehead atoms. The molecule has 3 unspecified atom stereocenters. The van der Waals surface area contributed by atoms with Crippen LogP contribution in [-0.2, 0) is 10.0 Å². The van der Waals surface area contributed by atoms with Crippen LogP contribution < -0.4 is 5.32 Å². The largest absolute Gasteiger partial charge is 0.377 e. The van der Waals surface area contributed by atoms with Crippen molar-refractivity contribution in [2.75, 3.05) is 19.4 Å². The average Bonchev–Trinajstić information content (AvgIpc) is 3.17. The summed E-state index contributed by atoms with van der Waals surface area (Å²) in [5.74, 6) is 0.101. The lowest BCUT2D eigenvalue weighted by atomic mass is 9.76. The minimum absolute atomic E-state index is 0.0124. The summed E-state index contributed by atoms with van der Waals surface area (Å²) in [6.07, 6.45) is 4.93. The molecular weight excluding hydrogens is 378 g/mol. The van der Waals surface area contributed by atoms with E-state index in [4.69, 9.17) is 0 Å². The van der Waals surface area contributed by atoms with Crippen molar-refractivity contribution in [3.05, 3.63) is 75.9 Å². The average molecular weight is 399 g/mol. The Morgan fingerprint density at radius 3 is 2.61 bits per heavy atom. The van der Waals surface area contributed by atoms with Gasteiger partial charge in [-0.25, -0.2) is 12.7 Å². The maximum absolute atomic E-state index is 12.5. The van der Waals surface area contributed by atoms with Crippen LogP contribution in [-0.4, -0.2) is 31.7 Å². The van der Waals surface area contributed by atoms with E-state index in [2.05, 4.69) is 17.5 Å². The Bertz CT molecular complexity index is 1080. The van der Waals surface area contributed by atoms with E-state index in [0.29, 0.717) is 5.56 Å². The van der Waals surface area contributed by atoms with Gasteiger partial charge in [0.1, 0.15) is 0 Å². The van der Waals surface area contributed by atoms with E-state index >= 15 is 0 Å². The van der Waals surface area contributed by atoms with Crippen LogP contribution in [0.4, 0.5) is 11.4 Å². The second kappa shape index (κ2) is 6.72. The van der Waals surface area contributed by atoms with Crippen LogP contribution in [0.15, 0.2) is 59.5 Å². The van der Waals surface area contributed by atoms with Crippen LogP contribution in [0, 0.1) is 16.0 Å². The van der Waals surface area contributed by atoms with E-state index in [1.165, 1.54) is 24.5 Å². The summed E-state index contributed by atoms with van der Waals surface area (Å²) in [7, 11) is -0.511. The molecule has 2 aromatic carbocycles. The van der Waals surface area contributed by atoms with Gasteiger partial charge in [-0.05, 0) is 36.1 Å². The molecule has 1 aliphatic heterocycles. The molecular formula is C20H21N3O4S. The van der Waals surface area contributed by atoms with Crippen LogP contribution in [0.5, 0.6) is 0 Å². The highest BCUT2D eigenvalue weighted by atomic mass is 32.2. The van der Waals surface area contributed by atoms with Gasteiger partial charge >= 0.3 is 0 Å². The molecule has 0 fully saturated rings. The van der Waals surface area contributed by atoms with Gasteiger partial charge in [0.2, 0.25) is 10.0 Å². The van der Waals surface area contributed by atoms with Gasteiger partial charge in [0.05, 0.1) is 21.4 Å². The maximum atomic E-state index is 12.5. The van der Waals surface area contributed by atoms with E-state index in [1.54, 1.807) is 30.3 Å². The van der Waals surface area contributed by atoms with Crippen molar-refractivity contribution < 1.29 is 13.3 Å². The number of nitro benzene ring substituents is 1. The third-order valence-electron chi connectivity index (χ3n) is 5.58. The topological polar surface area (TPSA) is 92.5 Å². The Morgan fingerprint density at radius 1 is 1.14 bits per heavy atom. The van der Waals surface area contributed by atoms with Crippen molar-refractivity contribution in [2.24, 2.45) is 5.92 Å². The zero-order valence-corrected chi connectivity index (χ0v) is 16.4. The zero-order valence-electron chi connectivity index (χ0n) is 15.6. The van der Waals surface area contributed by atoms with Crippen LogP contribution in [0.25, 0.3) is 0 Å².